The van der Waals surface area contributed by atoms with Crippen molar-refractivity contribution in [1.82, 2.24) is 0 Å². The van der Waals surface area contributed by atoms with E-state index in [1.54, 1.807) is 18.2 Å². The highest BCUT2D eigenvalue weighted by atomic mass is 16.4. The van der Waals surface area contributed by atoms with Crippen LogP contribution in [0.25, 0.3) is 0 Å². The van der Waals surface area contributed by atoms with Crippen molar-refractivity contribution in [2.75, 3.05) is 9.80 Å². The van der Waals surface area contributed by atoms with E-state index in [1.807, 2.05) is 0 Å². The molecule has 4 aromatic carbocycles. The van der Waals surface area contributed by atoms with Crippen LogP contribution >= 0.6 is 0 Å². The zero-order chi connectivity index (χ0) is 29.9. The Balaban J connectivity index is 1.57. The number of carbonyl (C=O) groups is 7. The highest BCUT2D eigenvalue weighted by molar-refractivity contribution is 6.40. The quantitative estimate of drug-likeness (QED) is 0.262. The Labute approximate surface area is 235 Å². The first-order chi connectivity index (χ1) is 20.1. The number of carbonyl (C=O) groups excluding carboxylic acids is 5. The van der Waals surface area contributed by atoms with Gasteiger partial charge in [-0.1, -0.05) is 36.4 Å². The second kappa shape index (κ2) is 9.45. The molecular weight excluding hydrogens is 544 g/mol. The summed E-state index contributed by atoms with van der Waals surface area (Å²) in [7, 11) is 0. The van der Waals surface area contributed by atoms with E-state index in [1.165, 1.54) is 42.5 Å². The van der Waals surface area contributed by atoms with Crippen LogP contribution in [0.2, 0.25) is 0 Å². The maximum Gasteiger partial charge on any atom is 0.335 e. The molecule has 0 saturated carbocycles. The number of benzene rings is 4. The lowest BCUT2D eigenvalue weighted by atomic mass is 9.99. The van der Waals surface area contributed by atoms with Gasteiger partial charge in [0.2, 0.25) is 0 Å². The zero-order valence-corrected chi connectivity index (χ0v) is 21.2. The van der Waals surface area contributed by atoms with Crippen LogP contribution in [0, 0.1) is 0 Å². The number of anilines is 2. The Morgan fingerprint density at radius 2 is 1.00 bits per heavy atom. The lowest BCUT2D eigenvalue weighted by molar-refractivity contribution is 0.0686. The molecule has 42 heavy (non-hydrogen) atoms. The molecule has 0 unspecified atom stereocenters. The maximum atomic E-state index is 13.7. The molecule has 0 atom stereocenters. The number of hydrogen-bond acceptors (Lipinski definition) is 7. The van der Waals surface area contributed by atoms with Crippen LogP contribution in [0.5, 0.6) is 0 Å². The predicted molar refractivity (Wildman–Crippen MR) is 145 cm³/mol. The van der Waals surface area contributed by atoms with Gasteiger partial charge in [0.1, 0.15) is 0 Å². The number of nitrogens with zero attached hydrogens (tertiary/aromatic N) is 2. The third kappa shape index (κ3) is 3.79. The van der Waals surface area contributed by atoms with Crippen molar-refractivity contribution in [1.29, 1.82) is 0 Å². The van der Waals surface area contributed by atoms with E-state index in [9.17, 15) is 43.8 Å². The second-order valence-electron chi connectivity index (χ2n) is 9.39. The summed E-state index contributed by atoms with van der Waals surface area (Å²) in [5.41, 5.74) is -1.80. The van der Waals surface area contributed by atoms with E-state index < -0.39 is 41.4 Å². The van der Waals surface area contributed by atoms with Gasteiger partial charge in [-0.25, -0.2) is 19.4 Å². The van der Waals surface area contributed by atoms with Gasteiger partial charge in [-0.3, -0.25) is 24.0 Å². The van der Waals surface area contributed by atoms with Crippen molar-refractivity contribution >= 4 is 52.7 Å². The Morgan fingerprint density at radius 3 is 1.55 bits per heavy atom. The number of ketones is 1. The molecule has 4 aromatic rings. The third-order valence-corrected chi connectivity index (χ3v) is 7.03. The highest BCUT2D eigenvalue weighted by Crippen LogP contribution is 2.42. The summed E-state index contributed by atoms with van der Waals surface area (Å²) in [6.07, 6.45) is 0. The van der Waals surface area contributed by atoms with E-state index in [2.05, 4.69) is 0 Å². The van der Waals surface area contributed by atoms with Crippen molar-refractivity contribution in [2.24, 2.45) is 0 Å². The zero-order valence-electron chi connectivity index (χ0n) is 21.2. The SMILES string of the molecule is O=C(O)c1ccc2c(c1)C(=O)N(c1cccc(C(=O)c3ccccc3)c1N1C(=O)c3ccc(C(=O)O)cc3C1=O)C2=O. The Kier molecular flexibility index (Phi) is 5.85. The van der Waals surface area contributed by atoms with Gasteiger partial charge in [0.15, 0.2) is 5.78 Å². The fourth-order valence-corrected chi connectivity index (χ4v) is 5.04. The molecule has 4 amide bonds. The van der Waals surface area contributed by atoms with Crippen molar-refractivity contribution in [3.8, 4) is 0 Å². The molecule has 0 aromatic heterocycles. The van der Waals surface area contributed by atoms with Crippen LogP contribution < -0.4 is 9.80 Å². The molecular formula is C31H16N2O9. The van der Waals surface area contributed by atoms with Gasteiger partial charge in [-0.05, 0) is 48.5 Å². The number of aromatic carboxylic acids is 2. The Hall–Kier alpha value is -6.23. The standard InChI is InChI=1S/C31H16N2O9/c34-25(15-5-2-1-3-6-15)20-7-4-8-23(32-26(35)18-11-9-16(30(39)40)13-21(18)28(32)37)24(20)33-27(36)19-12-10-17(31(41)42)14-22(19)29(33)38/h1-14H,(H,39,40)(H,41,42). The molecule has 0 bridgehead atoms. The summed E-state index contributed by atoms with van der Waals surface area (Å²) in [6, 6.07) is 18.7. The third-order valence-electron chi connectivity index (χ3n) is 7.03. The minimum Gasteiger partial charge on any atom is -0.478 e. The first-order valence-corrected chi connectivity index (χ1v) is 12.3. The molecule has 2 aliphatic rings. The largest absolute Gasteiger partial charge is 0.478 e. The Morgan fingerprint density at radius 1 is 0.500 bits per heavy atom. The molecule has 2 heterocycles. The number of carboxylic acids is 2. The molecule has 2 aliphatic heterocycles. The normalized spacial score (nSPS) is 13.8. The molecule has 11 heteroatoms. The number of fused-ring (bicyclic) bond motifs is 2. The monoisotopic (exact) mass is 560 g/mol. The summed E-state index contributed by atoms with van der Waals surface area (Å²) < 4.78 is 0. The van der Waals surface area contributed by atoms with E-state index in [0.29, 0.717) is 9.80 Å². The van der Waals surface area contributed by atoms with Crippen LogP contribution in [0.3, 0.4) is 0 Å². The highest BCUT2D eigenvalue weighted by Gasteiger charge is 2.44. The summed E-state index contributed by atoms with van der Waals surface area (Å²) in [6.45, 7) is 0. The molecule has 0 spiro atoms. The number of hydrogen-bond donors (Lipinski definition) is 2. The fourth-order valence-electron chi connectivity index (χ4n) is 5.04. The minimum atomic E-state index is -1.33. The summed E-state index contributed by atoms with van der Waals surface area (Å²) in [5, 5.41) is 18.8. The van der Waals surface area contributed by atoms with E-state index in [-0.39, 0.29) is 55.9 Å². The first-order valence-electron chi connectivity index (χ1n) is 12.3. The lowest BCUT2D eigenvalue weighted by Crippen LogP contribution is -2.36. The molecule has 6 rings (SSSR count). The van der Waals surface area contributed by atoms with Crippen LogP contribution in [-0.4, -0.2) is 51.6 Å². The number of imide groups is 2. The van der Waals surface area contributed by atoms with Gasteiger partial charge >= 0.3 is 11.9 Å². The van der Waals surface area contributed by atoms with E-state index >= 15 is 0 Å². The fraction of sp³-hybridized carbons (Fsp3) is 0. The number of rotatable bonds is 6. The van der Waals surface area contributed by atoms with Gasteiger partial charge in [0.25, 0.3) is 23.6 Å². The Bertz CT molecular complexity index is 1950. The van der Waals surface area contributed by atoms with Crippen LogP contribution in [0.4, 0.5) is 11.4 Å². The van der Waals surface area contributed by atoms with Crippen molar-refractivity contribution < 1.29 is 43.8 Å². The van der Waals surface area contributed by atoms with Gasteiger partial charge in [-0.2, -0.15) is 0 Å². The van der Waals surface area contributed by atoms with Crippen molar-refractivity contribution in [2.45, 2.75) is 0 Å². The molecule has 0 aliphatic carbocycles. The topological polar surface area (TPSA) is 166 Å². The summed E-state index contributed by atoms with van der Waals surface area (Å²) >= 11 is 0. The summed E-state index contributed by atoms with van der Waals surface area (Å²) in [5.74, 6) is -6.91. The molecule has 0 saturated heterocycles. The van der Waals surface area contributed by atoms with Gasteiger partial charge < -0.3 is 10.2 Å². The molecule has 2 N–H and O–H groups in total. The molecule has 204 valence electrons. The van der Waals surface area contributed by atoms with Crippen LogP contribution in [0.1, 0.15) is 78.1 Å². The molecule has 0 fully saturated rings. The van der Waals surface area contributed by atoms with Crippen LogP contribution in [-0.2, 0) is 0 Å². The van der Waals surface area contributed by atoms with Gasteiger partial charge in [-0.15, -0.1) is 0 Å². The number of amides is 4. The predicted octanol–water partition coefficient (Wildman–Crippen LogP) is 3.92. The van der Waals surface area contributed by atoms with Gasteiger partial charge in [0.05, 0.1) is 44.8 Å². The lowest BCUT2D eigenvalue weighted by Gasteiger charge is -2.25. The van der Waals surface area contributed by atoms with Crippen molar-refractivity contribution in [3.05, 3.63) is 129 Å². The second-order valence-corrected chi connectivity index (χ2v) is 9.39. The molecule has 11 nitrogen and oxygen atoms in total. The minimum absolute atomic E-state index is 0.107. The van der Waals surface area contributed by atoms with Crippen molar-refractivity contribution in [3.63, 3.8) is 0 Å². The smallest absolute Gasteiger partial charge is 0.335 e. The van der Waals surface area contributed by atoms with Crippen LogP contribution in [0.15, 0.2) is 84.9 Å². The summed E-state index contributed by atoms with van der Waals surface area (Å²) in [4.78, 5) is 92.6. The number of para-hydroxylation sites is 1. The van der Waals surface area contributed by atoms with E-state index in [4.69, 9.17) is 0 Å². The first kappa shape index (κ1) is 26.0. The maximum absolute atomic E-state index is 13.7. The van der Waals surface area contributed by atoms with E-state index in [0.717, 1.165) is 24.3 Å². The van der Waals surface area contributed by atoms with Gasteiger partial charge in [0, 0.05) is 11.1 Å². The number of carboxylic acid groups (broad SMARTS) is 2. The average Bonchev–Trinajstić information content (AvgIpc) is 3.39. The average molecular weight is 560 g/mol. The molecule has 0 radical (unpaired) electrons.